The molecule has 172 valence electrons. The van der Waals surface area contributed by atoms with Gasteiger partial charge in [0.05, 0.1) is 0 Å². The van der Waals surface area contributed by atoms with Gasteiger partial charge in [0.2, 0.25) is 5.91 Å². The van der Waals surface area contributed by atoms with Gasteiger partial charge in [-0.2, -0.15) is 0 Å². The van der Waals surface area contributed by atoms with Gasteiger partial charge in [-0.3, -0.25) is 14.5 Å². The molecule has 10 heteroatoms. The Morgan fingerprint density at radius 3 is 2.59 bits per heavy atom. The van der Waals surface area contributed by atoms with Crippen LogP contribution in [-0.4, -0.2) is 65.6 Å². The van der Waals surface area contributed by atoms with E-state index in [1.165, 1.54) is 24.0 Å². The lowest BCUT2D eigenvalue weighted by atomic mass is 10.2. The number of nitrogens with one attached hydrogen (secondary N) is 1. The van der Waals surface area contributed by atoms with Crippen LogP contribution in [0.25, 0.3) is 0 Å². The third kappa shape index (κ3) is 7.77. The van der Waals surface area contributed by atoms with Crippen LogP contribution in [0, 0.1) is 0 Å². The summed E-state index contributed by atoms with van der Waals surface area (Å²) in [7, 11) is 0. The first-order valence-corrected chi connectivity index (χ1v) is 10.7. The summed E-state index contributed by atoms with van der Waals surface area (Å²) in [6.07, 6.45) is 2.55. The summed E-state index contributed by atoms with van der Waals surface area (Å²) in [4.78, 5) is 49.7. The van der Waals surface area contributed by atoms with Crippen molar-refractivity contribution in [3.05, 3.63) is 49.6 Å². The first kappa shape index (κ1) is 25.0. The average Bonchev–Trinajstić information content (AvgIpc) is 3.18. The van der Waals surface area contributed by atoms with Crippen LogP contribution in [-0.2, 0) is 23.9 Å². The second-order valence-electron chi connectivity index (χ2n) is 6.78. The number of ether oxygens (including phenoxy) is 3. The van der Waals surface area contributed by atoms with E-state index in [-0.39, 0.29) is 36.7 Å². The normalized spacial score (nSPS) is 17.2. The number of esters is 1. The quantitative estimate of drug-likeness (QED) is 0.417. The molecule has 0 aliphatic carbocycles. The third-order valence-electron chi connectivity index (χ3n) is 4.28. The fourth-order valence-electron chi connectivity index (χ4n) is 3.01. The molecule has 0 aromatic heterocycles. The van der Waals surface area contributed by atoms with Crippen molar-refractivity contribution in [1.29, 1.82) is 0 Å². The molecule has 2 rings (SSSR count). The molecule has 2 atom stereocenters. The van der Waals surface area contributed by atoms with Crippen LogP contribution in [0.15, 0.2) is 49.6 Å². The second kappa shape index (κ2) is 12.6. The zero-order chi connectivity index (χ0) is 23.5. The first-order chi connectivity index (χ1) is 15.3. The van der Waals surface area contributed by atoms with Gasteiger partial charge in [0.25, 0.3) is 0 Å². The van der Waals surface area contributed by atoms with Gasteiger partial charge in [0, 0.05) is 30.5 Å². The summed E-state index contributed by atoms with van der Waals surface area (Å²) in [5.41, 5.74) is 0.425. The lowest BCUT2D eigenvalue weighted by Gasteiger charge is -2.23. The van der Waals surface area contributed by atoms with Gasteiger partial charge in [-0.15, -0.1) is 0 Å². The number of nitrogens with zero attached hydrogens (tertiary/aromatic N) is 1. The Bertz CT molecular complexity index is 874. The fraction of sp³-hybridized carbons (Fsp3) is 0.364. The molecule has 0 spiro atoms. The Hall–Kier alpha value is -3.27. The van der Waals surface area contributed by atoms with Crippen LogP contribution in [0.3, 0.4) is 0 Å². The highest BCUT2D eigenvalue weighted by molar-refractivity contribution is 8.14. The molecule has 0 unspecified atom stereocenters. The number of rotatable bonds is 10. The standard InChI is InChI=1S/C22H26N2O7S/c1-4-9-29-20(26)14-31-17-8-6-7-16(11-17)23-21(27)19-12-18(32-15(3)25)13-24(19)22(28)30-10-5-2/h4-8,11,18-19H,1-2,9-10,12-14H2,3H3,(H,23,27)/t18-,19-/m0/s1. The van der Waals surface area contributed by atoms with Crippen molar-refractivity contribution in [2.75, 3.05) is 31.7 Å². The minimum Gasteiger partial charge on any atom is -0.482 e. The highest BCUT2D eigenvalue weighted by Crippen LogP contribution is 2.30. The minimum absolute atomic E-state index is 0.0167. The first-order valence-electron chi connectivity index (χ1n) is 9.85. The van der Waals surface area contributed by atoms with E-state index < -0.39 is 24.0 Å². The molecule has 0 radical (unpaired) electrons. The lowest BCUT2D eigenvalue weighted by molar-refractivity contribution is -0.144. The Kier molecular flexibility index (Phi) is 9.80. The van der Waals surface area contributed by atoms with Gasteiger partial charge in [-0.1, -0.05) is 43.1 Å². The highest BCUT2D eigenvalue weighted by Gasteiger charge is 2.41. The van der Waals surface area contributed by atoms with Crippen molar-refractivity contribution in [2.45, 2.75) is 24.6 Å². The highest BCUT2D eigenvalue weighted by atomic mass is 32.2. The Morgan fingerprint density at radius 1 is 1.19 bits per heavy atom. The van der Waals surface area contributed by atoms with Gasteiger partial charge < -0.3 is 19.5 Å². The molecule has 1 saturated heterocycles. The Balaban J connectivity index is 2.03. The Labute approximate surface area is 190 Å². The molecule has 0 bridgehead atoms. The number of amides is 2. The fourth-order valence-corrected chi connectivity index (χ4v) is 3.99. The molecule has 1 fully saturated rings. The van der Waals surface area contributed by atoms with E-state index in [1.54, 1.807) is 24.3 Å². The number of benzene rings is 1. The van der Waals surface area contributed by atoms with Crippen molar-refractivity contribution in [3.8, 4) is 5.75 Å². The molecule has 9 nitrogen and oxygen atoms in total. The van der Waals surface area contributed by atoms with Crippen molar-refractivity contribution in [1.82, 2.24) is 4.90 Å². The summed E-state index contributed by atoms with van der Waals surface area (Å²) in [6, 6.07) is 5.68. The SMILES string of the molecule is C=CCOC(=O)COc1cccc(NC(=O)[C@@H]2C[C@H](SC(C)=O)CN2C(=O)OCC=C)c1. The van der Waals surface area contributed by atoms with Crippen LogP contribution in [0.2, 0.25) is 0 Å². The van der Waals surface area contributed by atoms with Crippen LogP contribution >= 0.6 is 11.8 Å². The van der Waals surface area contributed by atoms with Gasteiger partial charge in [0.1, 0.15) is 25.0 Å². The summed E-state index contributed by atoms with van der Waals surface area (Å²) in [5, 5.41) is 2.45. The molecular weight excluding hydrogens is 436 g/mol. The van der Waals surface area contributed by atoms with E-state index in [0.717, 1.165) is 11.8 Å². The smallest absolute Gasteiger partial charge is 0.410 e. The zero-order valence-corrected chi connectivity index (χ0v) is 18.6. The molecule has 1 aromatic carbocycles. The lowest BCUT2D eigenvalue weighted by Crippen LogP contribution is -2.43. The van der Waals surface area contributed by atoms with Gasteiger partial charge >= 0.3 is 12.1 Å². The van der Waals surface area contributed by atoms with Gasteiger partial charge in [-0.25, -0.2) is 9.59 Å². The second-order valence-corrected chi connectivity index (χ2v) is 8.26. The third-order valence-corrected chi connectivity index (χ3v) is 5.28. The number of hydrogen-bond donors (Lipinski definition) is 1. The summed E-state index contributed by atoms with van der Waals surface area (Å²) < 4.78 is 15.3. The summed E-state index contributed by atoms with van der Waals surface area (Å²) in [5.74, 6) is -0.611. The predicted octanol–water partition coefficient (Wildman–Crippen LogP) is 2.78. The molecular formula is C22H26N2O7S. The monoisotopic (exact) mass is 462 g/mol. The number of anilines is 1. The van der Waals surface area contributed by atoms with Gasteiger partial charge in [-0.05, 0) is 18.6 Å². The van der Waals surface area contributed by atoms with Crippen LogP contribution in [0.5, 0.6) is 5.75 Å². The maximum Gasteiger partial charge on any atom is 0.410 e. The van der Waals surface area contributed by atoms with E-state index in [4.69, 9.17) is 14.2 Å². The van der Waals surface area contributed by atoms with Crippen molar-refractivity contribution >= 4 is 40.5 Å². The van der Waals surface area contributed by atoms with E-state index in [9.17, 15) is 19.2 Å². The zero-order valence-electron chi connectivity index (χ0n) is 17.8. The average molecular weight is 463 g/mol. The van der Waals surface area contributed by atoms with Crippen molar-refractivity contribution < 1.29 is 33.4 Å². The number of carbonyl (C=O) groups excluding carboxylic acids is 4. The molecule has 2 amide bonds. The number of likely N-dealkylation sites (tertiary alicyclic amines) is 1. The Morgan fingerprint density at radius 2 is 1.91 bits per heavy atom. The maximum absolute atomic E-state index is 12.9. The number of hydrogen-bond acceptors (Lipinski definition) is 8. The summed E-state index contributed by atoms with van der Waals surface area (Å²) >= 11 is 1.09. The van der Waals surface area contributed by atoms with Crippen molar-refractivity contribution in [3.63, 3.8) is 0 Å². The molecule has 1 N–H and O–H groups in total. The van der Waals surface area contributed by atoms with Crippen molar-refractivity contribution in [2.24, 2.45) is 0 Å². The summed E-state index contributed by atoms with van der Waals surface area (Å²) in [6.45, 7) is 8.44. The topological polar surface area (TPSA) is 111 Å². The molecule has 1 aliphatic rings. The molecule has 1 heterocycles. The molecule has 1 aromatic rings. The van der Waals surface area contributed by atoms with Gasteiger partial charge in [0.15, 0.2) is 11.7 Å². The maximum atomic E-state index is 12.9. The van der Waals surface area contributed by atoms with E-state index in [0.29, 0.717) is 17.9 Å². The van der Waals surface area contributed by atoms with E-state index >= 15 is 0 Å². The predicted molar refractivity (Wildman–Crippen MR) is 120 cm³/mol. The largest absolute Gasteiger partial charge is 0.482 e. The molecule has 0 saturated carbocycles. The minimum atomic E-state index is -0.803. The van der Waals surface area contributed by atoms with Crippen LogP contribution in [0.4, 0.5) is 10.5 Å². The van der Waals surface area contributed by atoms with E-state index in [1.807, 2.05) is 0 Å². The van der Waals surface area contributed by atoms with Crippen LogP contribution < -0.4 is 10.1 Å². The molecule has 32 heavy (non-hydrogen) atoms. The number of thioether (sulfide) groups is 1. The van der Waals surface area contributed by atoms with Crippen LogP contribution in [0.1, 0.15) is 13.3 Å². The number of carbonyl (C=O) groups is 4. The molecule has 1 aliphatic heterocycles. The van der Waals surface area contributed by atoms with E-state index in [2.05, 4.69) is 18.5 Å².